The van der Waals surface area contributed by atoms with Gasteiger partial charge in [0.2, 0.25) is 0 Å². The Morgan fingerprint density at radius 3 is 2.66 bits per heavy atom. The summed E-state index contributed by atoms with van der Waals surface area (Å²) >= 11 is 0. The molecule has 0 aliphatic heterocycles. The number of carbonyl (C=O) groups is 1. The summed E-state index contributed by atoms with van der Waals surface area (Å²) in [4.78, 5) is 41.8. The highest BCUT2D eigenvalue weighted by molar-refractivity contribution is 6.07. The minimum absolute atomic E-state index is 0.0164. The molecule has 8 nitrogen and oxygen atoms in total. The molecule has 0 fully saturated rings. The molecule has 3 aromatic rings. The van der Waals surface area contributed by atoms with Gasteiger partial charge in [0.15, 0.2) is 11.4 Å². The van der Waals surface area contributed by atoms with E-state index in [0.29, 0.717) is 12.1 Å². The van der Waals surface area contributed by atoms with Crippen LogP contribution in [0.15, 0.2) is 44.3 Å². The average molecular weight is 398 g/mol. The summed E-state index contributed by atoms with van der Waals surface area (Å²) in [5.41, 5.74) is 5.49. The van der Waals surface area contributed by atoms with Crippen LogP contribution in [-0.4, -0.2) is 22.0 Å². The molecule has 0 unspecified atom stereocenters. The normalized spacial score (nSPS) is 11.3. The molecule has 3 N–H and O–H groups in total. The van der Waals surface area contributed by atoms with E-state index in [1.807, 2.05) is 39.0 Å². The Morgan fingerprint density at radius 2 is 2.00 bits per heavy atom. The molecule has 0 saturated heterocycles. The predicted octanol–water partition coefficient (Wildman–Crippen LogP) is 2.97. The van der Waals surface area contributed by atoms with Crippen LogP contribution in [0, 0.1) is 5.92 Å². The van der Waals surface area contributed by atoms with Gasteiger partial charge in [-0.2, -0.15) is 0 Å². The molecule has 3 rings (SSSR count). The van der Waals surface area contributed by atoms with Gasteiger partial charge in [0, 0.05) is 18.5 Å². The van der Waals surface area contributed by atoms with Crippen LogP contribution in [0.1, 0.15) is 44.2 Å². The molecule has 0 spiro atoms. The summed E-state index contributed by atoms with van der Waals surface area (Å²) < 4.78 is 7.00. The third-order valence-corrected chi connectivity index (χ3v) is 4.65. The van der Waals surface area contributed by atoms with E-state index in [2.05, 4.69) is 4.98 Å². The van der Waals surface area contributed by atoms with Gasteiger partial charge in [-0.1, -0.05) is 45.4 Å². The van der Waals surface area contributed by atoms with Crippen molar-refractivity contribution in [3.05, 3.63) is 56.9 Å². The SMILES string of the molecule is CCCCn1c(N)c(N(CC(C)C)C(=O)c2cc3ccccc3o2)c(=O)[nH]c1=O. The van der Waals surface area contributed by atoms with E-state index >= 15 is 0 Å². The highest BCUT2D eigenvalue weighted by Gasteiger charge is 2.28. The summed E-state index contributed by atoms with van der Waals surface area (Å²) in [6.07, 6.45) is 1.57. The van der Waals surface area contributed by atoms with Gasteiger partial charge in [0.25, 0.3) is 11.5 Å². The summed E-state index contributed by atoms with van der Waals surface area (Å²) in [7, 11) is 0. The van der Waals surface area contributed by atoms with Crippen molar-refractivity contribution in [2.45, 2.75) is 40.2 Å². The van der Waals surface area contributed by atoms with Crippen molar-refractivity contribution in [2.24, 2.45) is 5.92 Å². The van der Waals surface area contributed by atoms with Gasteiger partial charge >= 0.3 is 5.69 Å². The Kier molecular flexibility index (Phi) is 5.91. The van der Waals surface area contributed by atoms with E-state index < -0.39 is 17.2 Å². The zero-order chi connectivity index (χ0) is 21.1. The van der Waals surface area contributed by atoms with Crippen LogP contribution >= 0.6 is 0 Å². The topological polar surface area (TPSA) is 114 Å². The van der Waals surface area contributed by atoms with E-state index in [1.54, 1.807) is 12.1 Å². The number of unbranched alkanes of at least 4 members (excludes halogenated alkanes) is 1. The molecule has 2 aromatic heterocycles. The molecule has 29 heavy (non-hydrogen) atoms. The maximum Gasteiger partial charge on any atom is 0.330 e. The second kappa shape index (κ2) is 8.38. The molecule has 1 amide bonds. The van der Waals surface area contributed by atoms with Crippen molar-refractivity contribution in [3.8, 4) is 0 Å². The lowest BCUT2D eigenvalue weighted by Gasteiger charge is -2.25. The summed E-state index contributed by atoms with van der Waals surface area (Å²) in [5.74, 6) is -0.333. The average Bonchev–Trinajstić information content (AvgIpc) is 3.10. The number of hydrogen-bond acceptors (Lipinski definition) is 5. The highest BCUT2D eigenvalue weighted by Crippen LogP contribution is 2.25. The number of furan rings is 1. The minimum Gasteiger partial charge on any atom is -0.451 e. The van der Waals surface area contributed by atoms with Gasteiger partial charge in [-0.15, -0.1) is 0 Å². The fourth-order valence-corrected chi connectivity index (χ4v) is 3.24. The molecular formula is C21H26N4O4. The Hall–Kier alpha value is -3.29. The van der Waals surface area contributed by atoms with E-state index in [0.717, 1.165) is 18.2 Å². The minimum atomic E-state index is -0.689. The number of nitrogens with zero attached hydrogens (tertiary/aromatic N) is 2. The third-order valence-electron chi connectivity index (χ3n) is 4.65. The molecule has 8 heteroatoms. The highest BCUT2D eigenvalue weighted by atomic mass is 16.3. The second-order valence-corrected chi connectivity index (χ2v) is 7.46. The maximum absolute atomic E-state index is 13.3. The molecule has 0 saturated carbocycles. The second-order valence-electron chi connectivity index (χ2n) is 7.46. The first-order chi connectivity index (χ1) is 13.8. The van der Waals surface area contributed by atoms with Crippen LogP contribution < -0.4 is 21.9 Å². The smallest absolute Gasteiger partial charge is 0.330 e. The summed E-state index contributed by atoms with van der Waals surface area (Å²) in [6.45, 7) is 6.45. The molecular weight excluding hydrogens is 372 g/mol. The van der Waals surface area contributed by atoms with Crippen molar-refractivity contribution < 1.29 is 9.21 Å². The zero-order valence-electron chi connectivity index (χ0n) is 16.9. The number of hydrogen-bond donors (Lipinski definition) is 2. The first-order valence-electron chi connectivity index (χ1n) is 9.76. The number of aromatic amines is 1. The number of benzene rings is 1. The Morgan fingerprint density at radius 1 is 1.28 bits per heavy atom. The standard InChI is InChI=1S/C21H26N4O4/c1-4-5-10-24-18(22)17(19(26)23-21(24)28)25(12-13(2)3)20(27)16-11-14-8-6-7-9-15(14)29-16/h6-9,11,13H,4-5,10,12,22H2,1-3H3,(H,23,26,28). The quantitative estimate of drug-likeness (QED) is 0.635. The van der Waals surface area contributed by atoms with Gasteiger partial charge < -0.3 is 10.2 Å². The van der Waals surface area contributed by atoms with E-state index in [-0.39, 0.29) is 29.7 Å². The number of anilines is 2. The first kappa shape index (κ1) is 20.4. The Labute approximate surface area is 167 Å². The van der Waals surface area contributed by atoms with Gasteiger partial charge in [-0.25, -0.2) is 4.79 Å². The number of carbonyl (C=O) groups excluding carboxylic acids is 1. The van der Waals surface area contributed by atoms with E-state index in [4.69, 9.17) is 10.2 Å². The van der Waals surface area contributed by atoms with E-state index in [9.17, 15) is 14.4 Å². The number of nitrogens with one attached hydrogen (secondary N) is 1. The molecule has 0 atom stereocenters. The van der Waals surface area contributed by atoms with Gasteiger partial charge in [0.05, 0.1) is 0 Å². The van der Waals surface area contributed by atoms with Crippen LogP contribution in [0.5, 0.6) is 0 Å². The van der Waals surface area contributed by atoms with Crippen molar-refractivity contribution >= 4 is 28.4 Å². The fraction of sp³-hybridized carbons (Fsp3) is 0.381. The lowest BCUT2D eigenvalue weighted by Crippen LogP contribution is -2.42. The number of H-pyrrole nitrogens is 1. The van der Waals surface area contributed by atoms with Crippen molar-refractivity contribution in [3.63, 3.8) is 0 Å². The van der Waals surface area contributed by atoms with Crippen LogP contribution in [0.4, 0.5) is 11.5 Å². The van der Waals surface area contributed by atoms with Crippen molar-refractivity contribution in [1.29, 1.82) is 0 Å². The van der Waals surface area contributed by atoms with Gasteiger partial charge in [0.1, 0.15) is 11.4 Å². The number of fused-ring (bicyclic) bond motifs is 1. The molecule has 154 valence electrons. The molecule has 0 bridgehead atoms. The van der Waals surface area contributed by atoms with Gasteiger partial charge in [-0.05, 0) is 24.5 Å². The fourth-order valence-electron chi connectivity index (χ4n) is 3.24. The number of nitrogens with two attached hydrogens (primary N) is 1. The monoisotopic (exact) mass is 398 g/mol. The summed E-state index contributed by atoms with van der Waals surface area (Å²) in [5, 5.41) is 0.787. The molecule has 0 radical (unpaired) electrons. The summed E-state index contributed by atoms with van der Waals surface area (Å²) in [6, 6.07) is 8.92. The Balaban J connectivity index is 2.12. The van der Waals surface area contributed by atoms with Gasteiger partial charge in [-0.3, -0.25) is 24.0 Å². The molecule has 2 heterocycles. The number of amides is 1. The third kappa shape index (κ3) is 4.11. The van der Waals surface area contributed by atoms with Crippen LogP contribution in [0.3, 0.4) is 0 Å². The van der Waals surface area contributed by atoms with Crippen molar-refractivity contribution in [2.75, 3.05) is 17.2 Å². The number of para-hydroxylation sites is 1. The van der Waals surface area contributed by atoms with Crippen LogP contribution in [0.2, 0.25) is 0 Å². The maximum atomic E-state index is 13.3. The lowest BCUT2D eigenvalue weighted by atomic mass is 10.2. The van der Waals surface area contributed by atoms with Crippen LogP contribution in [-0.2, 0) is 6.54 Å². The Bertz CT molecular complexity index is 1110. The lowest BCUT2D eigenvalue weighted by molar-refractivity contribution is 0.0959. The number of nitrogen functional groups attached to an aromatic ring is 1. The predicted molar refractivity (Wildman–Crippen MR) is 113 cm³/mol. The number of aromatic nitrogens is 2. The molecule has 0 aliphatic carbocycles. The zero-order valence-corrected chi connectivity index (χ0v) is 16.9. The van der Waals surface area contributed by atoms with E-state index in [1.165, 1.54) is 9.47 Å². The molecule has 0 aliphatic rings. The van der Waals surface area contributed by atoms with Crippen molar-refractivity contribution in [1.82, 2.24) is 9.55 Å². The molecule has 1 aromatic carbocycles. The number of rotatable bonds is 7. The largest absolute Gasteiger partial charge is 0.451 e. The first-order valence-corrected chi connectivity index (χ1v) is 9.76. The van der Waals surface area contributed by atoms with Crippen LogP contribution in [0.25, 0.3) is 11.0 Å².